The van der Waals surface area contributed by atoms with Crippen LogP contribution in [-0.4, -0.2) is 25.4 Å². The Kier molecular flexibility index (Phi) is 6.82. The van der Waals surface area contributed by atoms with Gasteiger partial charge in [-0.1, -0.05) is 52.3 Å². The van der Waals surface area contributed by atoms with Gasteiger partial charge in [0.2, 0.25) is 0 Å². The summed E-state index contributed by atoms with van der Waals surface area (Å²) in [4.78, 5) is 4.77. The molecule has 1 heterocycles. The number of fused-ring (bicyclic) bond motifs is 1. The second-order valence-corrected chi connectivity index (χ2v) is 7.89. The summed E-state index contributed by atoms with van der Waals surface area (Å²) >= 11 is 3.49. The Balaban J connectivity index is 1.69. The second-order valence-electron chi connectivity index (χ2n) is 6.98. The van der Waals surface area contributed by atoms with Gasteiger partial charge in [0.05, 0.1) is 37.3 Å². The van der Waals surface area contributed by atoms with E-state index >= 15 is 0 Å². The van der Waals surface area contributed by atoms with Gasteiger partial charge in [-0.2, -0.15) is 5.10 Å². The van der Waals surface area contributed by atoms with Crippen LogP contribution >= 0.6 is 15.9 Å². The molecular weight excluding hydrogens is 466 g/mol. The number of hydrogen-bond acceptors (Lipinski definition) is 5. The van der Waals surface area contributed by atoms with Crippen LogP contribution in [0.15, 0.2) is 82.4 Å². The van der Waals surface area contributed by atoms with Gasteiger partial charge in [-0.3, -0.25) is 5.43 Å². The van der Waals surface area contributed by atoms with Crippen LogP contribution in [0.2, 0.25) is 0 Å². The SMILES string of the molecule is COc1ccc2nc(/C=C/c3ccccc3)cc(N/N=C\c3cc(Br)ccc3OC)c2c1. The Labute approximate surface area is 195 Å². The van der Waals surface area contributed by atoms with E-state index < -0.39 is 0 Å². The van der Waals surface area contributed by atoms with Crippen molar-refractivity contribution in [3.63, 3.8) is 0 Å². The predicted molar refractivity (Wildman–Crippen MR) is 136 cm³/mol. The number of hydrogen-bond donors (Lipinski definition) is 1. The highest BCUT2D eigenvalue weighted by atomic mass is 79.9. The zero-order valence-corrected chi connectivity index (χ0v) is 19.3. The van der Waals surface area contributed by atoms with Crippen LogP contribution in [0.4, 0.5) is 5.69 Å². The fourth-order valence-electron chi connectivity index (χ4n) is 3.25. The average Bonchev–Trinajstić information content (AvgIpc) is 2.83. The maximum atomic E-state index is 5.42. The largest absolute Gasteiger partial charge is 0.497 e. The van der Waals surface area contributed by atoms with E-state index in [0.717, 1.165) is 49.4 Å². The second kappa shape index (κ2) is 10.1. The molecule has 1 aromatic heterocycles. The molecule has 0 aliphatic rings. The normalized spacial score (nSPS) is 11.3. The summed E-state index contributed by atoms with van der Waals surface area (Å²) in [6.07, 6.45) is 5.76. The number of nitrogens with zero attached hydrogens (tertiary/aromatic N) is 2. The molecule has 32 heavy (non-hydrogen) atoms. The van der Waals surface area contributed by atoms with Crippen LogP contribution in [0, 0.1) is 0 Å². The van der Waals surface area contributed by atoms with Crippen molar-refractivity contribution in [1.82, 2.24) is 4.98 Å². The van der Waals surface area contributed by atoms with Crippen molar-refractivity contribution in [3.05, 3.63) is 94.1 Å². The predicted octanol–water partition coefficient (Wildman–Crippen LogP) is 6.63. The molecule has 0 unspecified atom stereocenters. The lowest BCUT2D eigenvalue weighted by molar-refractivity contribution is 0.414. The molecule has 3 aromatic carbocycles. The first-order valence-corrected chi connectivity index (χ1v) is 10.8. The number of methoxy groups -OCH3 is 2. The van der Waals surface area contributed by atoms with E-state index in [1.54, 1.807) is 20.4 Å². The van der Waals surface area contributed by atoms with Crippen LogP contribution in [-0.2, 0) is 0 Å². The third-order valence-corrected chi connectivity index (χ3v) is 5.36. The van der Waals surface area contributed by atoms with Gasteiger partial charge in [-0.05, 0) is 54.1 Å². The molecule has 0 aliphatic carbocycles. The van der Waals surface area contributed by atoms with E-state index in [1.807, 2.05) is 72.8 Å². The molecule has 160 valence electrons. The molecule has 5 nitrogen and oxygen atoms in total. The Morgan fingerprint density at radius 2 is 1.75 bits per heavy atom. The molecular formula is C26H22BrN3O2. The van der Waals surface area contributed by atoms with Gasteiger partial charge in [-0.25, -0.2) is 4.98 Å². The van der Waals surface area contributed by atoms with E-state index in [2.05, 4.69) is 38.6 Å². The summed E-state index contributed by atoms with van der Waals surface area (Å²) in [6.45, 7) is 0. The van der Waals surface area contributed by atoms with Gasteiger partial charge in [0.15, 0.2) is 0 Å². The van der Waals surface area contributed by atoms with Gasteiger partial charge >= 0.3 is 0 Å². The first kappa shape index (κ1) is 21.6. The first-order valence-electron chi connectivity index (χ1n) is 10.0. The molecule has 0 bridgehead atoms. The summed E-state index contributed by atoms with van der Waals surface area (Å²) in [5.41, 5.74) is 7.63. The molecule has 6 heteroatoms. The van der Waals surface area contributed by atoms with E-state index in [1.165, 1.54) is 0 Å². The number of nitrogens with one attached hydrogen (secondary N) is 1. The Bertz CT molecular complexity index is 1290. The van der Waals surface area contributed by atoms with E-state index in [0.29, 0.717) is 0 Å². The minimum absolute atomic E-state index is 0.742. The number of rotatable bonds is 7. The third-order valence-electron chi connectivity index (χ3n) is 4.86. The molecule has 0 atom stereocenters. The quantitative estimate of drug-likeness (QED) is 0.234. The lowest BCUT2D eigenvalue weighted by atomic mass is 10.1. The number of aromatic nitrogens is 1. The number of hydrazone groups is 1. The maximum Gasteiger partial charge on any atom is 0.127 e. The molecule has 0 aliphatic heterocycles. The number of pyridine rings is 1. The topological polar surface area (TPSA) is 55.7 Å². The van der Waals surface area contributed by atoms with Gasteiger partial charge in [0.1, 0.15) is 11.5 Å². The highest BCUT2D eigenvalue weighted by molar-refractivity contribution is 9.10. The summed E-state index contributed by atoms with van der Waals surface area (Å²) in [5.74, 6) is 1.50. The maximum absolute atomic E-state index is 5.42. The van der Waals surface area contributed by atoms with E-state index in [-0.39, 0.29) is 0 Å². The minimum atomic E-state index is 0.742. The van der Waals surface area contributed by atoms with Crippen LogP contribution < -0.4 is 14.9 Å². The van der Waals surface area contributed by atoms with Crippen molar-refractivity contribution in [2.24, 2.45) is 5.10 Å². The Hall–Kier alpha value is -3.64. The third kappa shape index (κ3) is 5.15. The van der Waals surface area contributed by atoms with Crippen molar-refractivity contribution in [2.75, 3.05) is 19.6 Å². The Morgan fingerprint density at radius 3 is 2.53 bits per heavy atom. The lowest BCUT2D eigenvalue weighted by Crippen LogP contribution is -1.97. The summed E-state index contributed by atoms with van der Waals surface area (Å²) in [7, 11) is 3.29. The monoisotopic (exact) mass is 487 g/mol. The van der Waals surface area contributed by atoms with Gasteiger partial charge < -0.3 is 9.47 Å². The summed E-state index contributed by atoms with van der Waals surface area (Å²) < 4.78 is 11.8. The zero-order chi connectivity index (χ0) is 22.3. The van der Waals surface area contributed by atoms with Crippen molar-refractivity contribution in [2.45, 2.75) is 0 Å². The smallest absolute Gasteiger partial charge is 0.127 e. The number of ether oxygens (including phenoxy) is 2. The molecule has 0 saturated carbocycles. The standard InChI is InChI=1S/C26H22BrN3O2/c1-31-22-11-12-24-23(16-22)25(15-21(29-24)10-8-18-6-4-3-5-7-18)30-28-17-19-14-20(27)9-13-26(19)32-2/h3-17H,1-2H3,(H,29,30)/b10-8+,28-17-. The Morgan fingerprint density at radius 1 is 0.906 bits per heavy atom. The fraction of sp³-hybridized carbons (Fsp3) is 0.0769. The molecule has 0 radical (unpaired) electrons. The van der Waals surface area contributed by atoms with Crippen molar-refractivity contribution in [3.8, 4) is 11.5 Å². The van der Waals surface area contributed by atoms with Crippen LogP contribution in [0.25, 0.3) is 23.1 Å². The van der Waals surface area contributed by atoms with E-state index in [9.17, 15) is 0 Å². The van der Waals surface area contributed by atoms with Gasteiger partial charge in [0.25, 0.3) is 0 Å². The van der Waals surface area contributed by atoms with Crippen LogP contribution in [0.1, 0.15) is 16.8 Å². The van der Waals surface area contributed by atoms with Crippen LogP contribution in [0.3, 0.4) is 0 Å². The number of benzene rings is 3. The minimum Gasteiger partial charge on any atom is -0.497 e. The number of halogens is 1. The molecule has 0 saturated heterocycles. The first-order chi connectivity index (χ1) is 15.7. The number of anilines is 1. The zero-order valence-electron chi connectivity index (χ0n) is 17.7. The van der Waals surface area contributed by atoms with E-state index in [4.69, 9.17) is 14.5 Å². The van der Waals surface area contributed by atoms with Crippen LogP contribution in [0.5, 0.6) is 11.5 Å². The molecule has 1 N–H and O–H groups in total. The van der Waals surface area contributed by atoms with Gasteiger partial charge in [0, 0.05) is 15.4 Å². The van der Waals surface area contributed by atoms with Crippen molar-refractivity contribution in [1.29, 1.82) is 0 Å². The van der Waals surface area contributed by atoms with Crippen molar-refractivity contribution >= 4 is 50.9 Å². The summed E-state index contributed by atoms with van der Waals surface area (Å²) in [6, 6.07) is 23.7. The lowest BCUT2D eigenvalue weighted by Gasteiger charge is -2.10. The highest BCUT2D eigenvalue weighted by Crippen LogP contribution is 2.28. The average molecular weight is 488 g/mol. The molecule has 0 amide bonds. The van der Waals surface area contributed by atoms with Crippen molar-refractivity contribution < 1.29 is 9.47 Å². The van der Waals surface area contributed by atoms with Gasteiger partial charge in [-0.15, -0.1) is 0 Å². The highest BCUT2D eigenvalue weighted by Gasteiger charge is 2.07. The molecule has 4 aromatic rings. The summed E-state index contributed by atoms with van der Waals surface area (Å²) in [5, 5.41) is 5.37. The molecule has 0 fully saturated rings. The molecule has 4 rings (SSSR count). The fourth-order valence-corrected chi connectivity index (χ4v) is 3.63. The molecule has 0 spiro atoms.